The number of aryl methyl sites for hydroxylation is 2. The van der Waals surface area contributed by atoms with E-state index in [4.69, 9.17) is 9.84 Å². The van der Waals surface area contributed by atoms with Gasteiger partial charge in [-0.15, -0.1) is 5.10 Å². The summed E-state index contributed by atoms with van der Waals surface area (Å²) in [5.41, 5.74) is 3.20. The molecular formula is C16H19BrN4O3. The lowest BCUT2D eigenvalue weighted by molar-refractivity contribution is -0.148. The van der Waals surface area contributed by atoms with E-state index in [0.29, 0.717) is 17.7 Å². The van der Waals surface area contributed by atoms with E-state index in [1.807, 2.05) is 26.1 Å². The Morgan fingerprint density at radius 2 is 2.25 bits per heavy atom. The van der Waals surface area contributed by atoms with Crippen LogP contribution in [0.2, 0.25) is 0 Å². The molecule has 2 unspecified atom stereocenters. The Hall–Kier alpha value is -1.96. The number of hydrogen-bond donors (Lipinski definition) is 1. The molecule has 128 valence electrons. The summed E-state index contributed by atoms with van der Waals surface area (Å²) in [6.07, 6.45) is 1.64. The molecule has 3 rings (SSSR count). The topological polar surface area (TPSA) is 90.1 Å². The van der Waals surface area contributed by atoms with Crippen LogP contribution in [0.4, 0.5) is 0 Å². The summed E-state index contributed by atoms with van der Waals surface area (Å²) in [5, 5.41) is 17.9. The Labute approximate surface area is 148 Å². The van der Waals surface area contributed by atoms with E-state index in [2.05, 4.69) is 31.2 Å². The number of pyridine rings is 1. The maximum absolute atomic E-state index is 11.0. The van der Waals surface area contributed by atoms with Crippen molar-refractivity contribution in [2.24, 2.45) is 18.9 Å². The van der Waals surface area contributed by atoms with Gasteiger partial charge in [-0.25, -0.2) is 4.98 Å². The van der Waals surface area contributed by atoms with E-state index in [1.165, 1.54) is 0 Å². The molecule has 2 atom stereocenters. The van der Waals surface area contributed by atoms with Crippen molar-refractivity contribution in [1.82, 2.24) is 20.0 Å². The molecule has 1 fully saturated rings. The number of aromatic nitrogens is 4. The quantitative estimate of drug-likeness (QED) is 0.757. The van der Waals surface area contributed by atoms with E-state index in [9.17, 15) is 4.79 Å². The largest absolute Gasteiger partial charge is 0.491 e. The maximum Gasteiger partial charge on any atom is 0.306 e. The van der Waals surface area contributed by atoms with Crippen molar-refractivity contribution in [2.75, 3.05) is 6.61 Å². The molecule has 0 aliphatic heterocycles. The number of halogens is 1. The SMILES string of the molecule is Cc1nc(-c2nnn(C)c2CBr)ccc1OCC1CCC1C(=O)O. The zero-order valence-corrected chi connectivity index (χ0v) is 15.2. The highest BCUT2D eigenvalue weighted by molar-refractivity contribution is 9.08. The molecule has 2 heterocycles. The van der Waals surface area contributed by atoms with Gasteiger partial charge in [0.15, 0.2) is 0 Å². The van der Waals surface area contributed by atoms with Gasteiger partial charge in [0.2, 0.25) is 0 Å². The Kier molecular flexibility index (Phi) is 4.84. The zero-order valence-electron chi connectivity index (χ0n) is 13.6. The molecule has 0 amide bonds. The van der Waals surface area contributed by atoms with E-state index in [0.717, 1.165) is 35.6 Å². The van der Waals surface area contributed by atoms with Crippen LogP contribution in [0, 0.1) is 18.8 Å². The number of carboxylic acids is 1. The molecule has 24 heavy (non-hydrogen) atoms. The van der Waals surface area contributed by atoms with Gasteiger partial charge in [0.05, 0.1) is 29.6 Å². The first-order valence-electron chi connectivity index (χ1n) is 7.79. The summed E-state index contributed by atoms with van der Waals surface area (Å²) in [4.78, 5) is 15.6. The lowest BCUT2D eigenvalue weighted by Crippen LogP contribution is -2.36. The van der Waals surface area contributed by atoms with Gasteiger partial charge < -0.3 is 9.84 Å². The van der Waals surface area contributed by atoms with Crippen molar-refractivity contribution < 1.29 is 14.6 Å². The van der Waals surface area contributed by atoms with Crippen LogP contribution in [0.1, 0.15) is 24.2 Å². The monoisotopic (exact) mass is 394 g/mol. The first-order chi connectivity index (χ1) is 11.5. The smallest absolute Gasteiger partial charge is 0.306 e. The van der Waals surface area contributed by atoms with Crippen LogP contribution in [0.25, 0.3) is 11.4 Å². The fourth-order valence-corrected chi connectivity index (χ4v) is 3.48. The van der Waals surface area contributed by atoms with Crippen molar-refractivity contribution in [3.63, 3.8) is 0 Å². The minimum Gasteiger partial charge on any atom is -0.491 e. The number of alkyl halides is 1. The molecule has 1 saturated carbocycles. The molecule has 8 heteroatoms. The molecular weight excluding hydrogens is 376 g/mol. The molecule has 1 aliphatic carbocycles. The third-order valence-corrected chi connectivity index (χ3v) is 5.07. The minimum atomic E-state index is -0.731. The van der Waals surface area contributed by atoms with Crippen LogP contribution < -0.4 is 4.74 Å². The number of rotatable bonds is 6. The summed E-state index contributed by atoms with van der Waals surface area (Å²) in [6, 6.07) is 3.72. The molecule has 0 radical (unpaired) electrons. The second-order valence-corrected chi connectivity index (χ2v) is 6.58. The normalized spacial score (nSPS) is 19.8. The summed E-state index contributed by atoms with van der Waals surface area (Å²) in [5.74, 6) is -0.246. The van der Waals surface area contributed by atoms with Crippen molar-refractivity contribution in [2.45, 2.75) is 25.1 Å². The van der Waals surface area contributed by atoms with E-state index in [-0.39, 0.29) is 11.8 Å². The zero-order chi connectivity index (χ0) is 17.3. The molecule has 2 aromatic rings. The van der Waals surface area contributed by atoms with Crippen LogP contribution >= 0.6 is 15.9 Å². The van der Waals surface area contributed by atoms with Crippen molar-refractivity contribution in [3.8, 4) is 17.1 Å². The van der Waals surface area contributed by atoms with Crippen LogP contribution in [-0.2, 0) is 17.2 Å². The van der Waals surface area contributed by atoms with E-state index < -0.39 is 5.97 Å². The third-order valence-electron chi connectivity index (χ3n) is 4.54. The van der Waals surface area contributed by atoms with Crippen molar-refractivity contribution >= 4 is 21.9 Å². The number of ether oxygens (including phenoxy) is 1. The van der Waals surface area contributed by atoms with Gasteiger partial charge in [-0.05, 0) is 31.9 Å². The van der Waals surface area contributed by atoms with Crippen LogP contribution in [0.15, 0.2) is 12.1 Å². The summed E-state index contributed by atoms with van der Waals surface area (Å²) < 4.78 is 7.51. The average Bonchev–Trinajstić information content (AvgIpc) is 2.88. The van der Waals surface area contributed by atoms with E-state index in [1.54, 1.807) is 4.68 Å². The van der Waals surface area contributed by atoms with Gasteiger partial charge in [0.1, 0.15) is 11.4 Å². The molecule has 1 aliphatic rings. The number of hydrogen-bond acceptors (Lipinski definition) is 5. The predicted octanol–water partition coefficient (Wildman–Crippen LogP) is 2.57. The van der Waals surface area contributed by atoms with Crippen molar-refractivity contribution in [1.29, 1.82) is 0 Å². The number of carboxylic acid groups (broad SMARTS) is 1. The van der Waals surface area contributed by atoms with Gasteiger partial charge in [0, 0.05) is 18.3 Å². The second-order valence-electron chi connectivity index (χ2n) is 6.02. The minimum absolute atomic E-state index is 0.0848. The number of carbonyl (C=O) groups is 1. The highest BCUT2D eigenvalue weighted by atomic mass is 79.9. The van der Waals surface area contributed by atoms with Gasteiger partial charge in [-0.3, -0.25) is 9.48 Å². The highest BCUT2D eigenvalue weighted by Gasteiger charge is 2.37. The first-order valence-corrected chi connectivity index (χ1v) is 8.91. The fraction of sp³-hybridized carbons (Fsp3) is 0.500. The lowest BCUT2D eigenvalue weighted by Gasteiger charge is -2.33. The molecule has 1 N–H and O–H groups in total. The Morgan fingerprint density at radius 1 is 1.46 bits per heavy atom. The van der Waals surface area contributed by atoms with Gasteiger partial charge in [0.25, 0.3) is 0 Å². The second kappa shape index (κ2) is 6.88. The van der Waals surface area contributed by atoms with Gasteiger partial charge >= 0.3 is 5.97 Å². The summed E-state index contributed by atoms with van der Waals surface area (Å²) >= 11 is 3.44. The van der Waals surface area contributed by atoms with E-state index >= 15 is 0 Å². The average molecular weight is 395 g/mol. The van der Waals surface area contributed by atoms with Crippen LogP contribution in [-0.4, -0.2) is 37.7 Å². The fourth-order valence-electron chi connectivity index (χ4n) is 2.85. The molecule has 0 aromatic carbocycles. The molecule has 0 spiro atoms. The summed E-state index contributed by atoms with van der Waals surface area (Å²) in [6.45, 7) is 2.29. The Balaban J connectivity index is 1.72. The maximum atomic E-state index is 11.0. The molecule has 0 saturated heterocycles. The lowest BCUT2D eigenvalue weighted by atomic mass is 9.74. The Bertz CT molecular complexity index is 762. The number of nitrogens with zero attached hydrogens (tertiary/aromatic N) is 4. The standard InChI is InChI=1S/C16H19BrN4O3/c1-9-14(24-8-10-3-4-11(10)16(22)23)6-5-12(18-9)15-13(7-17)21(2)20-19-15/h5-6,10-11H,3-4,7-8H2,1-2H3,(H,22,23). The van der Waals surface area contributed by atoms with Crippen LogP contribution in [0.3, 0.4) is 0 Å². The van der Waals surface area contributed by atoms with Crippen molar-refractivity contribution in [3.05, 3.63) is 23.5 Å². The molecule has 0 bridgehead atoms. The highest BCUT2D eigenvalue weighted by Crippen LogP contribution is 2.35. The van der Waals surface area contributed by atoms with Crippen LogP contribution in [0.5, 0.6) is 5.75 Å². The van der Waals surface area contributed by atoms with Gasteiger partial charge in [-0.1, -0.05) is 21.1 Å². The first kappa shape index (κ1) is 16.9. The number of aliphatic carboxylic acids is 1. The predicted molar refractivity (Wildman–Crippen MR) is 90.9 cm³/mol. The molecule has 2 aromatic heterocycles. The Morgan fingerprint density at radius 3 is 2.83 bits per heavy atom. The molecule has 7 nitrogen and oxygen atoms in total. The third kappa shape index (κ3) is 3.15. The summed E-state index contributed by atoms with van der Waals surface area (Å²) in [7, 11) is 1.84. The van der Waals surface area contributed by atoms with Gasteiger partial charge in [-0.2, -0.15) is 0 Å².